The van der Waals surface area contributed by atoms with E-state index in [9.17, 15) is 22.8 Å². The van der Waals surface area contributed by atoms with Crippen molar-refractivity contribution < 1.29 is 27.5 Å². The van der Waals surface area contributed by atoms with Crippen molar-refractivity contribution in [3.8, 4) is 5.69 Å². The summed E-state index contributed by atoms with van der Waals surface area (Å²) in [6.45, 7) is 11.5. The highest BCUT2D eigenvalue weighted by atomic mass is 32.2. The number of para-hydroxylation sites is 1. The van der Waals surface area contributed by atoms with Crippen LogP contribution in [0, 0.1) is 25.7 Å². The molecule has 12 heteroatoms. The maximum atomic E-state index is 14.2. The summed E-state index contributed by atoms with van der Waals surface area (Å²) >= 11 is 0. The molecule has 0 fully saturated rings. The maximum absolute atomic E-state index is 14.2. The summed E-state index contributed by atoms with van der Waals surface area (Å²) in [5.74, 6) is -0.0930. The minimum atomic E-state index is -4.00. The number of aromatic nitrogens is 2. The number of ether oxygens (including phenoxy) is 2. The molecule has 41 heavy (non-hydrogen) atoms. The van der Waals surface area contributed by atoms with Gasteiger partial charge in [0.15, 0.2) is 12.4 Å². The summed E-state index contributed by atoms with van der Waals surface area (Å²) in [5, 5.41) is 2.71. The van der Waals surface area contributed by atoms with Gasteiger partial charge in [-0.1, -0.05) is 39.8 Å². The van der Waals surface area contributed by atoms with Gasteiger partial charge in [0.1, 0.15) is 4.90 Å². The summed E-state index contributed by atoms with van der Waals surface area (Å²) in [7, 11) is -2.74. The summed E-state index contributed by atoms with van der Waals surface area (Å²) in [6, 6.07) is 7.54. The number of aryl methyl sites for hydroxylation is 2. The number of sulfonamides is 1. The number of hydrogen-bond acceptors (Lipinski definition) is 8. The first-order valence-corrected chi connectivity index (χ1v) is 15.0. The molecule has 0 saturated carbocycles. The topological polar surface area (TPSA) is 146 Å². The van der Waals surface area contributed by atoms with Crippen LogP contribution in [0.3, 0.4) is 0 Å². The number of hydrogen-bond donors (Lipinski definition) is 2. The van der Waals surface area contributed by atoms with Crippen molar-refractivity contribution in [2.24, 2.45) is 11.8 Å². The van der Waals surface area contributed by atoms with Gasteiger partial charge in [-0.25, -0.2) is 27.7 Å². The minimum absolute atomic E-state index is 0.00721. The fourth-order valence-corrected chi connectivity index (χ4v) is 5.17. The van der Waals surface area contributed by atoms with Crippen LogP contribution in [-0.2, 0) is 26.1 Å². The molecular weight excluding hydrogens is 548 g/mol. The van der Waals surface area contributed by atoms with Gasteiger partial charge in [0.25, 0.3) is 5.56 Å². The van der Waals surface area contributed by atoms with E-state index in [0.29, 0.717) is 30.0 Å². The number of fused-ring (bicyclic) bond motifs is 1. The highest BCUT2D eigenvalue weighted by Crippen LogP contribution is 2.26. The molecule has 1 aromatic heterocycles. The third-order valence-corrected chi connectivity index (χ3v) is 8.48. The fourth-order valence-electron chi connectivity index (χ4n) is 4.26. The van der Waals surface area contributed by atoms with Crippen molar-refractivity contribution in [2.75, 3.05) is 20.2 Å². The molecule has 3 rings (SSSR count). The second-order valence-electron chi connectivity index (χ2n) is 10.3. The Kier molecular flexibility index (Phi) is 10.3. The maximum Gasteiger partial charge on any atom is 0.407 e. The average Bonchev–Trinajstić information content (AvgIpc) is 2.93. The van der Waals surface area contributed by atoms with Crippen molar-refractivity contribution in [1.29, 1.82) is 0 Å². The van der Waals surface area contributed by atoms with Gasteiger partial charge < -0.3 is 14.8 Å². The van der Waals surface area contributed by atoms with Gasteiger partial charge in [-0.15, -0.1) is 0 Å². The number of rotatable bonds is 11. The summed E-state index contributed by atoms with van der Waals surface area (Å²) in [4.78, 5) is 44.0. The molecule has 0 spiro atoms. The lowest BCUT2D eigenvalue weighted by atomic mass is 9.97. The molecule has 0 saturated heterocycles. The molecule has 11 nitrogen and oxygen atoms in total. The van der Waals surface area contributed by atoms with Crippen LogP contribution in [0.1, 0.15) is 61.4 Å². The van der Waals surface area contributed by atoms with Gasteiger partial charge in [-0.2, -0.15) is 0 Å². The quantitative estimate of drug-likeness (QED) is 0.321. The van der Waals surface area contributed by atoms with E-state index >= 15 is 0 Å². The van der Waals surface area contributed by atoms with Crippen molar-refractivity contribution >= 4 is 33.0 Å². The SMILES string of the molecule is CCCNC(=O)OCc1nc2cc(C)c(C(=O)OCC(C)C(C)C)c(C)c2c(=O)n1-c1ccccc1S(=O)(=O)NC. The zero-order valence-electron chi connectivity index (χ0n) is 24.5. The van der Waals surface area contributed by atoms with Gasteiger partial charge in [0.05, 0.1) is 28.8 Å². The third kappa shape index (κ3) is 6.94. The van der Waals surface area contributed by atoms with Crippen molar-refractivity contribution in [3.63, 3.8) is 0 Å². The average molecular weight is 587 g/mol. The highest BCUT2D eigenvalue weighted by molar-refractivity contribution is 7.89. The Hall–Kier alpha value is -3.77. The van der Waals surface area contributed by atoms with Gasteiger partial charge in [0.2, 0.25) is 10.0 Å². The van der Waals surface area contributed by atoms with Crippen LogP contribution in [0.15, 0.2) is 40.0 Å². The van der Waals surface area contributed by atoms with Crippen LogP contribution in [-0.4, -0.2) is 50.2 Å². The molecular formula is C29H38N4O7S. The number of nitrogens with one attached hydrogen (secondary N) is 2. The molecule has 0 radical (unpaired) electrons. The summed E-state index contributed by atoms with van der Waals surface area (Å²) < 4.78 is 40.1. The summed E-state index contributed by atoms with van der Waals surface area (Å²) in [5.41, 5.74) is 0.836. The largest absolute Gasteiger partial charge is 0.462 e. The normalized spacial score (nSPS) is 12.4. The molecule has 2 aromatic carbocycles. The Morgan fingerprint density at radius 2 is 1.78 bits per heavy atom. The van der Waals surface area contributed by atoms with Crippen LogP contribution >= 0.6 is 0 Å². The van der Waals surface area contributed by atoms with E-state index in [1.54, 1.807) is 26.0 Å². The van der Waals surface area contributed by atoms with E-state index in [4.69, 9.17) is 9.47 Å². The molecule has 1 unspecified atom stereocenters. The second kappa shape index (κ2) is 13.3. The first-order valence-electron chi connectivity index (χ1n) is 13.5. The Bertz CT molecular complexity index is 1610. The van der Waals surface area contributed by atoms with Crippen LogP contribution in [0.5, 0.6) is 0 Å². The first-order chi connectivity index (χ1) is 19.3. The van der Waals surface area contributed by atoms with Crippen molar-refractivity contribution in [1.82, 2.24) is 19.6 Å². The first kappa shape index (κ1) is 31.8. The van der Waals surface area contributed by atoms with Gasteiger partial charge in [-0.05, 0) is 68.5 Å². The predicted octanol–water partition coefficient (Wildman–Crippen LogP) is 4.00. The summed E-state index contributed by atoms with van der Waals surface area (Å²) in [6.07, 6.45) is -0.00633. The fraction of sp³-hybridized carbons (Fsp3) is 0.448. The number of esters is 1. The standard InChI is InChI=1S/C29H38N4O7S/c1-8-13-31-29(36)40-16-24-32-21-14-18(4)25(28(35)39-15-19(5)17(2)3)20(6)26(21)27(34)33(24)22-11-9-10-12-23(22)41(37,38)30-7/h9-12,14,17,19,30H,8,13,15-16H2,1-7H3,(H,31,36). The van der Waals surface area contributed by atoms with Gasteiger partial charge >= 0.3 is 12.1 Å². The molecule has 0 aliphatic heterocycles. The minimum Gasteiger partial charge on any atom is -0.462 e. The Morgan fingerprint density at radius 3 is 2.41 bits per heavy atom. The molecule has 0 aliphatic rings. The molecule has 0 aliphatic carbocycles. The molecule has 0 bridgehead atoms. The lowest BCUT2D eigenvalue weighted by Gasteiger charge is -2.19. The molecule has 1 heterocycles. The van der Waals surface area contributed by atoms with Crippen LogP contribution in [0.2, 0.25) is 0 Å². The van der Waals surface area contributed by atoms with Crippen LogP contribution in [0.4, 0.5) is 4.79 Å². The van der Waals surface area contributed by atoms with E-state index in [-0.39, 0.29) is 45.4 Å². The monoisotopic (exact) mass is 586 g/mol. The molecule has 2 N–H and O–H groups in total. The molecule has 1 amide bonds. The van der Waals surface area contributed by atoms with E-state index in [2.05, 4.69) is 15.0 Å². The molecule has 3 aromatic rings. The highest BCUT2D eigenvalue weighted by Gasteiger charge is 2.26. The smallest absolute Gasteiger partial charge is 0.407 e. The molecule has 1 atom stereocenters. The number of nitrogens with zero attached hydrogens (tertiary/aromatic N) is 2. The second-order valence-corrected chi connectivity index (χ2v) is 12.1. The van der Waals surface area contributed by atoms with E-state index in [1.807, 2.05) is 27.7 Å². The third-order valence-electron chi connectivity index (χ3n) is 7.01. The Balaban J connectivity index is 2.28. The number of amides is 1. The van der Waals surface area contributed by atoms with Gasteiger partial charge in [-0.3, -0.25) is 9.36 Å². The van der Waals surface area contributed by atoms with E-state index in [1.165, 1.54) is 25.2 Å². The van der Waals surface area contributed by atoms with E-state index in [0.717, 1.165) is 4.57 Å². The van der Waals surface area contributed by atoms with Crippen LogP contribution in [0.25, 0.3) is 16.6 Å². The lowest BCUT2D eigenvalue weighted by molar-refractivity contribution is 0.0418. The number of benzene rings is 2. The zero-order valence-corrected chi connectivity index (χ0v) is 25.3. The van der Waals surface area contributed by atoms with Crippen molar-refractivity contribution in [3.05, 3.63) is 63.2 Å². The Labute approximate surface area is 240 Å². The van der Waals surface area contributed by atoms with E-state index < -0.39 is 34.3 Å². The Morgan fingerprint density at radius 1 is 1.10 bits per heavy atom. The zero-order chi connectivity index (χ0) is 30.5. The number of carbonyl (C=O) groups excluding carboxylic acids is 2. The molecule has 222 valence electrons. The predicted molar refractivity (Wildman–Crippen MR) is 156 cm³/mol. The van der Waals surface area contributed by atoms with Gasteiger partial charge in [0, 0.05) is 6.54 Å². The number of carbonyl (C=O) groups is 2. The van der Waals surface area contributed by atoms with Crippen LogP contribution < -0.4 is 15.6 Å². The van der Waals surface area contributed by atoms with Crippen molar-refractivity contribution in [2.45, 2.75) is 59.5 Å². The lowest BCUT2D eigenvalue weighted by Crippen LogP contribution is -2.30. The number of alkyl carbamates (subject to hydrolysis) is 1.